The summed E-state index contributed by atoms with van der Waals surface area (Å²) in [6, 6.07) is 7.87. The van der Waals surface area contributed by atoms with Gasteiger partial charge in [-0.05, 0) is 40.2 Å². The lowest BCUT2D eigenvalue weighted by molar-refractivity contribution is 0.249. The van der Waals surface area contributed by atoms with Crippen molar-refractivity contribution < 1.29 is 14.3 Å². The number of ether oxygens (including phenoxy) is 2. The van der Waals surface area contributed by atoms with Crippen LogP contribution in [0, 0.1) is 0 Å². The first-order valence-electron chi connectivity index (χ1n) is 6.93. The number of nitrogens with zero attached hydrogens (tertiary/aromatic N) is 1. The molecule has 25 heavy (non-hydrogen) atoms. The van der Waals surface area contributed by atoms with E-state index in [2.05, 4.69) is 26.5 Å². The van der Waals surface area contributed by atoms with Crippen LogP contribution in [-0.2, 0) is 6.61 Å². The van der Waals surface area contributed by atoms with Gasteiger partial charge >= 0.3 is 6.03 Å². The number of amides is 2. The fourth-order valence-electron chi connectivity index (χ4n) is 1.88. The van der Waals surface area contributed by atoms with Crippen LogP contribution in [0.2, 0.25) is 10.0 Å². The van der Waals surface area contributed by atoms with Crippen LogP contribution < -0.4 is 20.6 Å². The van der Waals surface area contributed by atoms with Crippen molar-refractivity contribution in [2.75, 3.05) is 7.11 Å². The molecule has 6 nitrogen and oxygen atoms in total. The van der Waals surface area contributed by atoms with Crippen molar-refractivity contribution in [2.45, 2.75) is 6.61 Å². The fourth-order valence-corrected chi connectivity index (χ4v) is 2.77. The predicted molar refractivity (Wildman–Crippen MR) is 102 cm³/mol. The molecule has 132 valence electrons. The molecule has 0 unspecified atom stereocenters. The smallest absolute Gasteiger partial charge is 0.332 e. The van der Waals surface area contributed by atoms with Crippen LogP contribution in [0.5, 0.6) is 11.5 Å². The molecule has 0 bridgehead atoms. The number of benzene rings is 2. The van der Waals surface area contributed by atoms with Crippen LogP contribution >= 0.6 is 39.1 Å². The van der Waals surface area contributed by atoms with E-state index in [1.165, 1.54) is 13.3 Å². The van der Waals surface area contributed by atoms with Gasteiger partial charge in [-0.1, -0.05) is 29.3 Å². The van der Waals surface area contributed by atoms with Gasteiger partial charge in [-0.15, -0.1) is 0 Å². The summed E-state index contributed by atoms with van der Waals surface area (Å²) in [5.41, 5.74) is 8.53. The number of carbonyl (C=O) groups is 1. The van der Waals surface area contributed by atoms with Crippen LogP contribution in [0.3, 0.4) is 0 Å². The summed E-state index contributed by atoms with van der Waals surface area (Å²) < 4.78 is 11.8. The molecule has 0 aliphatic heterocycles. The maximum Gasteiger partial charge on any atom is 0.332 e. The van der Waals surface area contributed by atoms with Crippen molar-refractivity contribution in [3.8, 4) is 11.5 Å². The van der Waals surface area contributed by atoms with Gasteiger partial charge < -0.3 is 15.2 Å². The van der Waals surface area contributed by atoms with E-state index in [4.69, 9.17) is 38.4 Å². The lowest BCUT2D eigenvalue weighted by atomic mass is 10.2. The molecule has 9 heteroatoms. The van der Waals surface area contributed by atoms with Gasteiger partial charge in [0.1, 0.15) is 6.61 Å². The number of nitrogens with two attached hydrogens (primary N) is 1. The number of methoxy groups -OCH3 is 1. The van der Waals surface area contributed by atoms with E-state index in [-0.39, 0.29) is 6.61 Å². The summed E-state index contributed by atoms with van der Waals surface area (Å²) in [5.74, 6) is 1.01. The van der Waals surface area contributed by atoms with Crippen molar-refractivity contribution >= 4 is 51.4 Å². The van der Waals surface area contributed by atoms with Gasteiger partial charge in [0, 0.05) is 25.6 Å². The van der Waals surface area contributed by atoms with Gasteiger partial charge in [0.15, 0.2) is 11.5 Å². The quantitative estimate of drug-likeness (QED) is 0.510. The zero-order valence-corrected chi connectivity index (χ0v) is 16.2. The Morgan fingerprint density at radius 1 is 1.32 bits per heavy atom. The Morgan fingerprint density at radius 2 is 2.08 bits per heavy atom. The predicted octanol–water partition coefficient (Wildman–Crippen LogP) is 4.35. The molecule has 0 aromatic heterocycles. The molecule has 0 saturated heterocycles. The molecule has 2 aromatic carbocycles. The molecule has 0 spiro atoms. The van der Waals surface area contributed by atoms with E-state index in [9.17, 15) is 4.79 Å². The maximum absolute atomic E-state index is 10.6. The molecule has 0 fully saturated rings. The van der Waals surface area contributed by atoms with Crippen molar-refractivity contribution in [1.29, 1.82) is 0 Å². The average Bonchev–Trinajstić information content (AvgIpc) is 2.55. The molecule has 0 heterocycles. The zero-order chi connectivity index (χ0) is 18.4. The van der Waals surface area contributed by atoms with Crippen LogP contribution in [0.25, 0.3) is 0 Å². The van der Waals surface area contributed by atoms with Crippen LogP contribution in [-0.4, -0.2) is 19.4 Å². The Labute approximate surface area is 163 Å². The number of rotatable bonds is 6. The number of hydrogen-bond donors (Lipinski definition) is 2. The summed E-state index contributed by atoms with van der Waals surface area (Å²) >= 11 is 15.4. The number of hydrazone groups is 1. The molecular weight excluding hydrogens is 433 g/mol. The van der Waals surface area contributed by atoms with E-state index in [0.717, 1.165) is 5.56 Å². The third-order valence-electron chi connectivity index (χ3n) is 3.06. The van der Waals surface area contributed by atoms with E-state index >= 15 is 0 Å². The second-order valence-electron chi connectivity index (χ2n) is 4.78. The molecule has 0 radical (unpaired) electrons. The number of hydrogen-bond acceptors (Lipinski definition) is 4. The summed E-state index contributed by atoms with van der Waals surface area (Å²) in [6.45, 7) is 0.246. The van der Waals surface area contributed by atoms with Gasteiger partial charge in [0.05, 0.1) is 13.3 Å². The first-order valence-corrected chi connectivity index (χ1v) is 8.48. The Morgan fingerprint density at radius 3 is 2.72 bits per heavy atom. The molecule has 2 rings (SSSR count). The molecule has 0 saturated carbocycles. The standard InChI is InChI=1S/C16H14BrCl2N3O3/c1-24-14-4-10(7-21-22-16(20)23)12(17)6-15(14)25-8-9-2-3-11(18)5-13(9)19/h2-7H,8H2,1H3,(H3,20,22,23)/b21-7+. The largest absolute Gasteiger partial charge is 0.493 e. The summed E-state index contributed by atoms with van der Waals surface area (Å²) in [5, 5.41) is 4.79. The minimum absolute atomic E-state index is 0.246. The normalized spacial score (nSPS) is 10.7. The molecule has 0 aliphatic rings. The van der Waals surface area contributed by atoms with E-state index < -0.39 is 6.03 Å². The Hall–Kier alpha value is -1.96. The van der Waals surface area contributed by atoms with Gasteiger partial charge in [0.25, 0.3) is 0 Å². The van der Waals surface area contributed by atoms with Gasteiger partial charge in [-0.25, -0.2) is 10.2 Å². The minimum atomic E-state index is -0.751. The van der Waals surface area contributed by atoms with E-state index in [1.54, 1.807) is 30.3 Å². The highest BCUT2D eigenvalue weighted by Gasteiger charge is 2.11. The lowest BCUT2D eigenvalue weighted by Gasteiger charge is -2.13. The first kappa shape index (κ1) is 19.4. The molecular formula is C16H14BrCl2N3O3. The average molecular weight is 447 g/mol. The highest BCUT2D eigenvalue weighted by molar-refractivity contribution is 9.10. The fraction of sp³-hybridized carbons (Fsp3) is 0.125. The third-order valence-corrected chi connectivity index (χ3v) is 4.33. The van der Waals surface area contributed by atoms with Gasteiger partial charge in [0.2, 0.25) is 0 Å². The molecule has 0 atom stereocenters. The minimum Gasteiger partial charge on any atom is -0.493 e. The highest BCUT2D eigenvalue weighted by Crippen LogP contribution is 2.34. The van der Waals surface area contributed by atoms with E-state index in [1.807, 2.05) is 0 Å². The van der Waals surface area contributed by atoms with Crippen molar-refractivity contribution in [3.05, 3.63) is 56.0 Å². The Bertz CT molecular complexity index is 815. The van der Waals surface area contributed by atoms with Crippen molar-refractivity contribution in [2.24, 2.45) is 10.8 Å². The lowest BCUT2D eigenvalue weighted by Crippen LogP contribution is -2.24. The maximum atomic E-state index is 10.6. The number of carbonyl (C=O) groups excluding carboxylic acids is 1. The number of urea groups is 1. The summed E-state index contributed by atoms with van der Waals surface area (Å²) in [7, 11) is 1.52. The van der Waals surface area contributed by atoms with Gasteiger partial charge in [-0.2, -0.15) is 5.10 Å². The van der Waals surface area contributed by atoms with Gasteiger partial charge in [-0.3, -0.25) is 0 Å². The molecule has 2 amide bonds. The SMILES string of the molecule is COc1cc(/C=N/NC(N)=O)c(Br)cc1OCc1ccc(Cl)cc1Cl. The number of nitrogens with one attached hydrogen (secondary N) is 1. The van der Waals surface area contributed by atoms with Crippen LogP contribution in [0.4, 0.5) is 4.79 Å². The number of primary amides is 1. The molecule has 0 aliphatic carbocycles. The number of halogens is 3. The first-order chi connectivity index (χ1) is 11.9. The molecule has 2 aromatic rings. The zero-order valence-electron chi connectivity index (χ0n) is 13.1. The summed E-state index contributed by atoms with van der Waals surface area (Å²) in [6.07, 6.45) is 1.43. The van der Waals surface area contributed by atoms with Crippen molar-refractivity contribution in [1.82, 2.24) is 5.43 Å². The Kier molecular flexibility index (Phi) is 6.92. The summed E-state index contributed by atoms with van der Waals surface area (Å²) in [4.78, 5) is 10.6. The second-order valence-corrected chi connectivity index (χ2v) is 6.48. The van der Waals surface area contributed by atoms with Crippen LogP contribution in [0.15, 0.2) is 39.9 Å². The van der Waals surface area contributed by atoms with Crippen LogP contribution in [0.1, 0.15) is 11.1 Å². The highest BCUT2D eigenvalue weighted by atomic mass is 79.9. The monoisotopic (exact) mass is 445 g/mol. The molecule has 3 N–H and O–H groups in total. The topological polar surface area (TPSA) is 85.9 Å². The van der Waals surface area contributed by atoms with Crippen molar-refractivity contribution in [3.63, 3.8) is 0 Å². The third kappa shape index (κ3) is 5.52. The second kappa shape index (κ2) is 8.94. The van der Waals surface area contributed by atoms with E-state index in [0.29, 0.717) is 31.6 Å². The Balaban J connectivity index is 2.19.